The van der Waals surface area contributed by atoms with Crippen LogP contribution in [0.4, 0.5) is 5.00 Å². The average Bonchev–Trinajstić information content (AvgIpc) is 3.11. The van der Waals surface area contributed by atoms with Crippen LogP contribution in [0.1, 0.15) is 41.5 Å². The van der Waals surface area contributed by atoms with Crippen LogP contribution in [0.2, 0.25) is 10.0 Å². The van der Waals surface area contributed by atoms with Gasteiger partial charge in [-0.05, 0) is 48.4 Å². The standard InChI is InChI=1S/C22H16Cl2N2O4S/c23-13-7-5-12(6-8-13)19(27)25-20-18(22(29)30)15-9-10-26(11-17(15)31-20)21(28)14-3-1-2-4-16(14)24/h1-8H,9-11H2,(H,25,27)(H,29,30). The van der Waals surface area contributed by atoms with Crippen molar-refractivity contribution in [2.45, 2.75) is 13.0 Å². The first-order valence-electron chi connectivity index (χ1n) is 9.33. The number of carboxylic acids is 1. The second kappa shape index (κ2) is 8.70. The Morgan fingerprint density at radius 3 is 2.42 bits per heavy atom. The van der Waals surface area contributed by atoms with Crippen molar-refractivity contribution in [2.75, 3.05) is 11.9 Å². The fourth-order valence-corrected chi connectivity index (χ4v) is 5.07. The summed E-state index contributed by atoms with van der Waals surface area (Å²) in [6.45, 7) is 0.611. The minimum absolute atomic E-state index is 0.0761. The predicted molar refractivity (Wildman–Crippen MR) is 121 cm³/mol. The van der Waals surface area contributed by atoms with Gasteiger partial charge in [0, 0.05) is 22.0 Å². The molecule has 0 spiro atoms. The maximum atomic E-state index is 12.9. The number of amides is 2. The number of benzene rings is 2. The molecule has 4 rings (SSSR count). The smallest absolute Gasteiger partial charge is 0.339 e. The van der Waals surface area contributed by atoms with Gasteiger partial charge in [0.1, 0.15) is 5.00 Å². The Morgan fingerprint density at radius 2 is 1.74 bits per heavy atom. The molecule has 0 aliphatic carbocycles. The zero-order chi connectivity index (χ0) is 22.1. The van der Waals surface area contributed by atoms with Crippen molar-refractivity contribution in [1.29, 1.82) is 0 Å². The van der Waals surface area contributed by atoms with E-state index in [1.54, 1.807) is 53.4 Å². The summed E-state index contributed by atoms with van der Waals surface area (Å²) in [7, 11) is 0. The Hall–Kier alpha value is -2.87. The Kier molecular flexibility index (Phi) is 6.00. The quantitative estimate of drug-likeness (QED) is 0.543. The number of fused-ring (bicyclic) bond motifs is 1. The van der Waals surface area contributed by atoms with Crippen LogP contribution in [0.25, 0.3) is 0 Å². The molecule has 1 aliphatic rings. The molecule has 2 N–H and O–H groups in total. The average molecular weight is 475 g/mol. The van der Waals surface area contributed by atoms with Crippen molar-refractivity contribution in [2.24, 2.45) is 0 Å². The van der Waals surface area contributed by atoms with Crippen LogP contribution < -0.4 is 5.32 Å². The molecule has 0 unspecified atom stereocenters. The van der Waals surface area contributed by atoms with E-state index in [0.29, 0.717) is 39.7 Å². The van der Waals surface area contributed by atoms with Crippen molar-refractivity contribution in [1.82, 2.24) is 4.90 Å². The SMILES string of the molecule is O=C(Nc1sc2c(c1C(=O)O)CCN(C(=O)c1ccccc1Cl)C2)c1ccc(Cl)cc1. The van der Waals surface area contributed by atoms with Crippen molar-refractivity contribution in [3.8, 4) is 0 Å². The van der Waals surface area contributed by atoms with Gasteiger partial charge in [-0.2, -0.15) is 0 Å². The third kappa shape index (κ3) is 4.30. The van der Waals surface area contributed by atoms with Crippen molar-refractivity contribution in [3.63, 3.8) is 0 Å². The highest BCUT2D eigenvalue weighted by atomic mass is 35.5. The third-order valence-corrected chi connectivity index (χ3v) is 6.71. The van der Waals surface area contributed by atoms with Gasteiger partial charge in [-0.3, -0.25) is 9.59 Å². The van der Waals surface area contributed by atoms with Crippen LogP contribution in [0.3, 0.4) is 0 Å². The Labute approximate surface area is 192 Å². The molecule has 3 aromatic rings. The Morgan fingerprint density at radius 1 is 1.03 bits per heavy atom. The third-order valence-electron chi connectivity index (χ3n) is 5.00. The fraction of sp³-hybridized carbons (Fsp3) is 0.136. The first-order chi connectivity index (χ1) is 14.8. The largest absolute Gasteiger partial charge is 0.478 e. The minimum atomic E-state index is -1.12. The highest BCUT2D eigenvalue weighted by molar-refractivity contribution is 7.17. The number of hydrogen-bond acceptors (Lipinski definition) is 4. The van der Waals surface area contributed by atoms with Crippen molar-refractivity contribution < 1.29 is 19.5 Å². The van der Waals surface area contributed by atoms with E-state index >= 15 is 0 Å². The number of hydrogen-bond donors (Lipinski definition) is 2. The van der Waals surface area contributed by atoms with Crippen LogP contribution in [0, 0.1) is 0 Å². The van der Waals surface area contributed by atoms with Crippen molar-refractivity contribution in [3.05, 3.63) is 85.7 Å². The van der Waals surface area contributed by atoms with Gasteiger partial charge < -0.3 is 15.3 Å². The van der Waals surface area contributed by atoms with E-state index in [0.717, 1.165) is 4.88 Å². The number of aromatic carboxylic acids is 1. The lowest BCUT2D eigenvalue weighted by atomic mass is 10.0. The first kappa shape index (κ1) is 21.4. The van der Waals surface area contributed by atoms with E-state index < -0.39 is 11.9 Å². The molecule has 6 nitrogen and oxygen atoms in total. The summed E-state index contributed by atoms with van der Waals surface area (Å²) >= 11 is 13.2. The van der Waals surface area contributed by atoms with Gasteiger partial charge in [0.15, 0.2) is 0 Å². The van der Waals surface area contributed by atoms with Gasteiger partial charge >= 0.3 is 5.97 Å². The summed E-state index contributed by atoms with van der Waals surface area (Å²) in [5.74, 6) is -1.76. The number of carbonyl (C=O) groups excluding carboxylic acids is 2. The van der Waals surface area contributed by atoms with Crippen LogP contribution >= 0.6 is 34.5 Å². The van der Waals surface area contributed by atoms with E-state index in [1.807, 2.05) is 0 Å². The lowest BCUT2D eigenvalue weighted by Gasteiger charge is -2.27. The predicted octanol–water partition coefficient (Wildman–Crippen LogP) is 5.20. The second-order valence-electron chi connectivity index (χ2n) is 6.93. The summed E-state index contributed by atoms with van der Waals surface area (Å²) in [5, 5.41) is 13.6. The Balaban J connectivity index is 1.60. The summed E-state index contributed by atoms with van der Waals surface area (Å²) < 4.78 is 0. The van der Waals surface area contributed by atoms with Gasteiger partial charge in [0.05, 0.1) is 22.7 Å². The van der Waals surface area contributed by atoms with E-state index in [9.17, 15) is 19.5 Å². The molecule has 0 bridgehead atoms. The lowest BCUT2D eigenvalue weighted by Crippen LogP contribution is -2.35. The molecule has 2 amide bonds. The van der Waals surface area contributed by atoms with Gasteiger partial charge in [-0.15, -0.1) is 11.3 Å². The number of rotatable bonds is 4. The summed E-state index contributed by atoms with van der Waals surface area (Å²) in [4.78, 5) is 39.8. The summed E-state index contributed by atoms with van der Waals surface area (Å²) in [6.07, 6.45) is 0.375. The lowest BCUT2D eigenvalue weighted by molar-refractivity contribution is 0.0696. The highest BCUT2D eigenvalue weighted by Crippen LogP contribution is 2.38. The molecule has 31 heavy (non-hydrogen) atoms. The molecule has 2 heterocycles. The van der Waals surface area contributed by atoms with E-state index in [-0.39, 0.29) is 23.0 Å². The minimum Gasteiger partial charge on any atom is -0.478 e. The number of carboxylic acid groups (broad SMARTS) is 1. The van der Waals surface area contributed by atoms with E-state index in [2.05, 4.69) is 5.32 Å². The zero-order valence-corrected chi connectivity index (χ0v) is 18.4. The summed E-state index contributed by atoms with van der Waals surface area (Å²) in [6, 6.07) is 13.1. The van der Waals surface area contributed by atoms with Gasteiger partial charge in [-0.1, -0.05) is 35.3 Å². The van der Waals surface area contributed by atoms with Crippen LogP contribution in [-0.4, -0.2) is 34.3 Å². The molecule has 158 valence electrons. The molecule has 0 saturated carbocycles. The molecule has 0 radical (unpaired) electrons. The summed E-state index contributed by atoms with van der Waals surface area (Å²) in [5.41, 5.74) is 1.49. The fourth-order valence-electron chi connectivity index (χ4n) is 3.47. The molecule has 2 aromatic carbocycles. The molecule has 0 atom stereocenters. The molecule has 1 aromatic heterocycles. The van der Waals surface area contributed by atoms with Crippen LogP contribution in [0.15, 0.2) is 48.5 Å². The van der Waals surface area contributed by atoms with Gasteiger partial charge in [0.2, 0.25) is 0 Å². The molecule has 9 heteroatoms. The number of halogens is 2. The van der Waals surface area contributed by atoms with Gasteiger partial charge in [-0.25, -0.2) is 4.79 Å². The number of nitrogens with zero attached hydrogens (tertiary/aromatic N) is 1. The number of nitrogens with one attached hydrogen (secondary N) is 1. The maximum absolute atomic E-state index is 12.9. The first-order valence-corrected chi connectivity index (χ1v) is 10.9. The molecule has 0 saturated heterocycles. The maximum Gasteiger partial charge on any atom is 0.339 e. The molecule has 1 aliphatic heterocycles. The van der Waals surface area contributed by atoms with Crippen LogP contribution in [-0.2, 0) is 13.0 Å². The highest BCUT2D eigenvalue weighted by Gasteiger charge is 2.31. The Bertz CT molecular complexity index is 1190. The number of carbonyl (C=O) groups is 3. The van der Waals surface area contributed by atoms with E-state index in [4.69, 9.17) is 23.2 Å². The molecular weight excluding hydrogens is 459 g/mol. The molecule has 0 fully saturated rings. The van der Waals surface area contributed by atoms with Crippen molar-refractivity contribution >= 4 is 57.3 Å². The van der Waals surface area contributed by atoms with Gasteiger partial charge in [0.25, 0.3) is 11.8 Å². The second-order valence-corrected chi connectivity index (χ2v) is 8.88. The van der Waals surface area contributed by atoms with E-state index in [1.165, 1.54) is 11.3 Å². The molecular formula is C22H16Cl2N2O4S. The topological polar surface area (TPSA) is 86.7 Å². The number of thiophene rings is 1. The number of anilines is 1. The monoisotopic (exact) mass is 474 g/mol. The van der Waals surface area contributed by atoms with Crippen LogP contribution in [0.5, 0.6) is 0 Å². The zero-order valence-electron chi connectivity index (χ0n) is 16.0. The normalized spacial score (nSPS) is 12.9.